The molecular formula is C23H25FN2O4. The smallest absolute Gasteiger partial charge is 0.251 e. The second-order valence-corrected chi connectivity index (χ2v) is 8.17. The van der Waals surface area contributed by atoms with Crippen LogP contribution in [0.15, 0.2) is 42.5 Å². The van der Waals surface area contributed by atoms with E-state index in [4.69, 9.17) is 14.2 Å². The van der Waals surface area contributed by atoms with E-state index in [1.807, 2.05) is 0 Å². The van der Waals surface area contributed by atoms with E-state index in [0.29, 0.717) is 29.6 Å². The van der Waals surface area contributed by atoms with Crippen LogP contribution in [0.1, 0.15) is 23.2 Å². The molecule has 3 saturated heterocycles. The summed E-state index contributed by atoms with van der Waals surface area (Å²) in [5.41, 5.74) is 0.546. The fourth-order valence-corrected chi connectivity index (χ4v) is 4.46. The molecule has 158 valence electrons. The molecule has 30 heavy (non-hydrogen) atoms. The van der Waals surface area contributed by atoms with Crippen molar-refractivity contribution in [2.24, 2.45) is 5.92 Å². The van der Waals surface area contributed by atoms with Crippen LogP contribution >= 0.6 is 0 Å². The first-order valence-corrected chi connectivity index (χ1v) is 10.5. The van der Waals surface area contributed by atoms with Crippen LogP contribution in [0.4, 0.5) is 4.39 Å². The summed E-state index contributed by atoms with van der Waals surface area (Å²) < 4.78 is 31.0. The normalized spacial score (nSPS) is 26.8. The summed E-state index contributed by atoms with van der Waals surface area (Å²) in [6.45, 7) is 3.65. The lowest BCUT2D eigenvalue weighted by Crippen LogP contribution is -2.57. The third-order valence-corrected chi connectivity index (χ3v) is 6.16. The van der Waals surface area contributed by atoms with Gasteiger partial charge < -0.3 is 24.4 Å². The number of carbonyl (C=O) groups is 1. The minimum Gasteiger partial charge on any atom is -0.487 e. The van der Waals surface area contributed by atoms with Gasteiger partial charge >= 0.3 is 0 Å². The number of rotatable bonds is 5. The number of piperidine rings is 3. The molecule has 4 aliphatic heterocycles. The van der Waals surface area contributed by atoms with Gasteiger partial charge in [0.2, 0.25) is 0 Å². The number of hydrogen-bond donors (Lipinski definition) is 1. The summed E-state index contributed by atoms with van der Waals surface area (Å²) in [5, 5.41) is 3.19. The van der Waals surface area contributed by atoms with E-state index in [2.05, 4.69) is 10.2 Å². The number of carbonyl (C=O) groups excluding carboxylic acids is 1. The molecule has 1 N–H and O–H groups in total. The van der Waals surface area contributed by atoms with Crippen molar-refractivity contribution in [1.29, 1.82) is 0 Å². The van der Waals surface area contributed by atoms with Gasteiger partial charge in [-0.25, -0.2) is 4.39 Å². The first-order valence-electron chi connectivity index (χ1n) is 10.5. The highest BCUT2D eigenvalue weighted by Gasteiger charge is 2.35. The molecule has 2 bridgehead atoms. The van der Waals surface area contributed by atoms with Crippen molar-refractivity contribution in [3.05, 3.63) is 53.8 Å². The van der Waals surface area contributed by atoms with Crippen LogP contribution in [-0.2, 0) is 0 Å². The maximum atomic E-state index is 13.7. The quantitative estimate of drug-likeness (QED) is 0.819. The molecule has 6 rings (SSSR count). The Morgan fingerprint density at radius 2 is 2.00 bits per heavy atom. The predicted molar refractivity (Wildman–Crippen MR) is 109 cm³/mol. The van der Waals surface area contributed by atoms with Crippen molar-refractivity contribution in [3.63, 3.8) is 0 Å². The first kappa shape index (κ1) is 19.2. The molecule has 0 aromatic heterocycles. The van der Waals surface area contributed by atoms with Crippen molar-refractivity contribution in [3.8, 4) is 17.2 Å². The van der Waals surface area contributed by atoms with Gasteiger partial charge in [-0.3, -0.25) is 4.79 Å². The van der Waals surface area contributed by atoms with Crippen LogP contribution in [0.25, 0.3) is 0 Å². The average molecular weight is 412 g/mol. The number of hydrogen-bond acceptors (Lipinski definition) is 5. The van der Waals surface area contributed by atoms with Crippen LogP contribution in [0.3, 0.4) is 0 Å². The molecule has 7 heteroatoms. The summed E-state index contributed by atoms with van der Waals surface area (Å²) in [6, 6.07) is 11.7. The summed E-state index contributed by atoms with van der Waals surface area (Å²) in [4.78, 5) is 15.2. The largest absolute Gasteiger partial charge is 0.487 e. The molecule has 0 saturated carbocycles. The summed E-state index contributed by atoms with van der Waals surface area (Å²) >= 11 is 0. The molecule has 0 unspecified atom stereocenters. The number of benzene rings is 2. The Kier molecular flexibility index (Phi) is 5.21. The molecule has 3 fully saturated rings. The molecule has 2 aromatic carbocycles. The van der Waals surface area contributed by atoms with Crippen LogP contribution in [0.5, 0.6) is 17.2 Å². The second-order valence-electron chi connectivity index (χ2n) is 8.17. The Labute approximate surface area is 174 Å². The zero-order valence-electron chi connectivity index (χ0n) is 16.7. The van der Waals surface area contributed by atoms with E-state index in [1.54, 1.807) is 36.4 Å². The first-order chi connectivity index (χ1) is 14.7. The van der Waals surface area contributed by atoms with Crippen molar-refractivity contribution in [2.75, 3.05) is 32.8 Å². The molecule has 0 spiro atoms. The number of nitrogens with one attached hydrogen (secondary N) is 1. The van der Waals surface area contributed by atoms with Crippen LogP contribution < -0.4 is 19.5 Å². The van der Waals surface area contributed by atoms with E-state index in [1.165, 1.54) is 6.07 Å². The minimum atomic E-state index is -0.415. The number of ether oxygens (including phenoxy) is 3. The highest BCUT2D eigenvalue weighted by molar-refractivity contribution is 5.95. The minimum absolute atomic E-state index is 0.0927. The van der Waals surface area contributed by atoms with Gasteiger partial charge in [0.25, 0.3) is 5.91 Å². The number of nitrogens with zero attached hydrogens (tertiary/aromatic N) is 1. The molecule has 4 heterocycles. The van der Waals surface area contributed by atoms with E-state index in [0.717, 1.165) is 32.5 Å². The Bertz CT molecular complexity index is 929. The van der Waals surface area contributed by atoms with Crippen LogP contribution in [0.2, 0.25) is 0 Å². The van der Waals surface area contributed by atoms with E-state index in [-0.39, 0.29) is 24.3 Å². The lowest BCUT2D eigenvalue weighted by molar-refractivity contribution is 0.0519. The van der Waals surface area contributed by atoms with Gasteiger partial charge in [-0.05, 0) is 62.2 Å². The highest BCUT2D eigenvalue weighted by Crippen LogP contribution is 2.33. The molecule has 2 atom stereocenters. The lowest BCUT2D eigenvalue weighted by Gasteiger charge is -2.44. The molecule has 1 amide bonds. The second kappa shape index (κ2) is 8.14. The Morgan fingerprint density at radius 3 is 2.77 bits per heavy atom. The Balaban J connectivity index is 1.22. The lowest BCUT2D eigenvalue weighted by atomic mass is 9.84. The molecule has 2 aromatic rings. The predicted octanol–water partition coefficient (Wildman–Crippen LogP) is 2.87. The van der Waals surface area contributed by atoms with Crippen molar-refractivity contribution >= 4 is 5.91 Å². The zero-order chi connectivity index (χ0) is 20.5. The fraction of sp³-hybridized carbons (Fsp3) is 0.435. The number of amides is 1. The summed E-state index contributed by atoms with van der Waals surface area (Å²) in [5.74, 6) is 1.33. The van der Waals surface area contributed by atoms with E-state index >= 15 is 0 Å². The number of para-hydroxylation sites is 1. The van der Waals surface area contributed by atoms with Gasteiger partial charge in [-0.1, -0.05) is 12.1 Å². The van der Waals surface area contributed by atoms with Gasteiger partial charge in [-0.15, -0.1) is 0 Å². The number of fused-ring (bicyclic) bond motifs is 4. The summed E-state index contributed by atoms with van der Waals surface area (Å²) in [6.07, 6.45) is 1.91. The average Bonchev–Trinajstić information content (AvgIpc) is 2.79. The SMILES string of the molecule is O=C(N[C@H]1CN2CCC1CC2)c1ccc2c(c1)O[C@H](COc1ccccc1F)CO2. The topological polar surface area (TPSA) is 60.0 Å². The van der Waals surface area contributed by atoms with Gasteiger partial charge in [0, 0.05) is 18.2 Å². The Hall–Kier alpha value is -2.80. The van der Waals surface area contributed by atoms with Gasteiger partial charge in [0.15, 0.2) is 29.2 Å². The van der Waals surface area contributed by atoms with Crippen LogP contribution in [0, 0.1) is 11.7 Å². The standard InChI is InChI=1S/C23H25FN2O4/c24-18-3-1-2-4-20(18)28-13-17-14-29-21-6-5-16(11-22(21)30-17)23(27)25-19-12-26-9-7-15(19)8-10-26/h1-6,11,15,17,19H,7-10,12-14H2,(H,25,27)/t17-,19+/m1/s1. The maximum Gasteiger partial charge on any atom is 0.251 e. The Morgan fingerprint density at radius 1 is 1.17 bits per heavy atom. The molecule has 6 nitrogen and oxygen atoms in total. The van der Waals surface area contributed by atoms with E-state index in [9.17, 15) is 9.18 Å². The van der Waals surface area contributed by atoms with Gasteiger partial charge in [0.05, 0.1) is 0 Å². The number of halogens is 1. The highest BCUT2D eigenvalue weighted by atomic mass is 19.1. The third-order valence-electron chi connectivity index (χ3n) is 6.16. The fourth-order valence-electron chi connectivity index (χ4n) is 4.46. The monoisotopic (exact) mass is 412 g/mol. The van der Waals surface area contributed by atoms with Crippen molar-refractivity contribution < 1.29 is 23.4 Å². The van der Waals surface area contributed by atoms with Crippen molar-refractivity contribution in [1.82, 2.24) is 10.2 Å². The summed E-state index contributed by atoms with van der Waals surface area (Å²) in [7, 11) is 0. The zero-order valence-corrected chi connectivity index (χ0v) is 16.7. The third kappa shape index (κ3) is 3.94. The molecule has 4 aliphatic rings. The van der Waals surface area contributed by atoms with Gasteiger partial charge in [0.1, 0.15) is 13.2 Å². The maximum absolute atomic E-state index is 13.7. The van der Waals surface area contributed by atoms with Crippen LogP contribution in [-0.4, -0.2) is 55.8 Å². The molecule has 0 aliphatic carbocycles. The molecular weight excluding hydrogens is 387 g/mol. The van der Waals surface area contributed by atoms with E-state index < -0.39 is 11.9 Å². The molecule has 0 radical (unpaired) electrons. The van der Waals surface area contributed by atoms with Gasteiger partial charge in [-0.2, -0.15) is 0 Å². The van der Waals surface area contributed by atoms with Crippen molar-refractivity contribution in [2.45, 2.75) is 25.0 Å².